The second kappa shape index (κ2) is 9.23. The van der Waals surface area contributed by atoms with E-state index in [1.807, 2.05) is 0 Å². The lowest BCUT2D eigenvalue weighted by atomic mass is 9.94. The molecule has 2 heterocycles. The summed E-state index contributed by atoms with van der Waals surface area (Å²) in [7, 11) is -2.31. The van der Waals surface area contributed by atoms with Gasteiger partial charge in [0.05, 0.1) is 18.6 Å². The first-order chi connectivity index (χ1) is 14.6. The lowest BCUT2D eigenvalue weighted by molar-refractivity contribution is 0.0598. The Kier molecular flexibility index (Phi) is 6.86. The lowest BCUT2D eigenvalue weighted by Gasteiger charge is -2.34. The van der Waals surface area contributed by atoms with Gasteiger partial charge in [0.15, 0.2) is 0 Å². The van der Waals surface area contributed by atoms with E-state index in [1.54, 1.807) is 6.92 Å². The summed E-state index contributed by atoms with van der Waals surface area (Å²) < 4.78 is 37.6. The van der Waals surface area contributed by atoms with Crippen molar-refractivity contribution in [3.63, 3.8) is 0 Å². The second-order valence-electron chi connectivity index (χ2n) is 8.15. The molecule has 2 unspecified atom stereocenters. The van der Waals surface area contributed by atoms with Gasteiger partial charge >= 0.3 is 5.97 Å². The van der Waals surface area contributed by atoms with E-state index in [-0.39, 0.29) is 17.3 Å². The summed E-state index contributed by atoms with van der Waals surface area (Å²) in [5.41, 5.74) is 0.637. The topological polar surface area (TPSA) is 106 Å². The van der Waals surface area contributed by atoms with Crippen molar-refractivity contribution in [1.29, 1.82) is 0 Å². The SMILES string of the molecule is COC(=O)c1cc(CNC(=O)c2ccc(S(=O)(=O)N3CC(C)CC(C)C3)cc2)oc1C. The molecule has 1 saturated heterocycles. The largest absolute Gasteiger partial charge is 0.465 e. The van der Waals surface area contributed by atoms with Crippen molar-refractivity contribution in [2.75, 3.05) is 20.2 Å². The summed E-state index contributed by atoms with van der Waals surface area (Å²) >= 11 is 0. The summed E-state index contributed by atoms with van der Waals surface area (Å²) in [5.74, 6) is 0.568. The number of sulfonamides is 1. The summed E-state index contributed by atoms with van der Waals surface area (Å²) in [6.07, 6.45) is 1.02. The van der Waals surface area contributed by atoms with E-state index >= 15 is 0 Å². The number of nitrogens with one attached hydrogen (secondary N) is 1. The summed E-state index contributed by atoms with van der Waals surface area (Å²) in [4.78, 5) is 24.3. The molecule has 1 aliphatic rings. The van der Waals surface area contributed by atoms with Crippen LogP contribution in [0.15, 0.2) is 39.6 Å². The number of hydrogen-bond donors (Lipinski definition) is 1. The van der Waals surface area contributed by atoms with E-state index in [9.17, 15) is 18.0 Å². The minimum Gasteiger partial charge on any atom is -0.465 e. The van der Waals surface area contributed by atoms with E-state index in [0.717, 1.165) is 6.42 Å². The Morgan fingerprint density at radius 1 is 1.16 bits per heavy atom. The van der Waals surface area contributed by atoms with E-state index in [4.69, 9.17) is 4.42 Å². The van der Waals surface area contributed by atoms with Crippen molar-refractivity contribution in [2.45, 2.75) is 38.6 Å². The number of furan rings is 1. The quantitative estimate of drug-likeness (QED) is 0.681. The Morgan fingerprint density at radius 2 is 1.77 bits per heavy atom. The molecule has 0 saturated carbocycles. The highest BCUT2D eigenvalue weighted by Crippen LogP contribution is 2.26. The third kappa shape index (κ3) is 5.16. The monoisotopic (exact) mass is 448 g/mol. The van der Waals surface area contributed by atoms with Gasteiger partial charge in [-0.05, 0) is 55.5 Å². The molecule has 8 nitrogen and oxygen atoms in total. The fourth-order valence-electron chi connectivity index (χ4n) is 3.94. The maximum Gasteiger partial charge on any atom is 0.341 e. The first-order valence-corrected chi connectivity index (χ1v) is 11.6. The second-order valence-corrected chi connectivity index (χ2v) is 10.1. The number of piperidine rings is 1. The number of carbonyl (C=O) groups excluding carboxylic acids is 2. The molecule has 1 aliphatic heterocycles. The fraction of sp³-hybridized carbons (Fsp3) is 0.455. The number of rotatable bonds is 6. The molecule has 31 heavy (non-hydrogen) atoms. The number of esters is 1. The van der Waals surface area contributed by atoms with Crippen LogP contribution in [-0.2, 0) is 21.3 Å². The van der Waals surface area contributed by atoms with Crippen LogP contribution in [0.25, 0.3) is 0 Å². The molecule has 1 aromatic carbocycles. The van der Waals surface area contributed by atoms with Gasteiger partial charge in [-0.1, -0.05) is 13.8 Å². The first kappa shape index (κ1) is 23.0. The number of benzene rings is 1. The van der Waals surface area contributed by atoms with Crippen molar-refractivity contribution in [2.24, 2.45) is 11.8 Å². The lowest BCUT2D eigenvalue weighted by Crippen LogP contribution is -2.42. The van der Waals surface area contributed by atoms with E-state index in [2.05, 4.69) is 23.9 Å². The minimum absolute atomic E-state index is 0.0836. The van der Waals surface area contributed by atoms with Crippen LogP contribution < -0.4 is 5.32 Å². The Bertz CT molecular complexity index is 1050. The third-order valence-electron chi connectivity index (χ3n) is 5.39. The average Bonchev–Trinajstić information content (AvgIpc) is 3.11. The number of methoxy groups -OCH3 is 1. The zero-order valence-corrected chi connectivity index (χ0v) is 19.0. The molecule has 3 rings (SSSR count). The van der Waals surface area contributed by atoms with Crippen LogP contribution in [-0.4, -0.2) is 44.8 Å². The van der Waals surface area contributed by atoms with Gasteiger partial charge in [-0.15, -0.1) is 0 Å². The van der Waals surface area contributed by atoms with Crippen molar-refractivity contribution >= 4 is 21.9 Å². The number of hydrogen-bond acceptors (Lipinski definition) is 6. The van der Waals surface area contributed by atoms with Crippen LogP contribution in [0.3, 0.4) is 0 Å². The highest BCUT2D eigenvalue weighted by Gasteiger charge is 2.31. The van der Waals surface area contributed by atoms with Crippen molar-refractivity contribution in [3.8, 4) is 0 Å². The van der Waals surface area contributed by atoms with Gasteiger partial charge in [-0.2, -0.15) is 4.31 Å². The molecule has 0 aliphatic carbocycles. The number of aryl methyl sites for hydroxylation is 1. The third-order valence-corrected chi connectivity index (χ3v) is 7.23. The molecule has 1 N–H and O–H groups in total. The summed E-state index contributed by atoms with van der Waals surface area (Å²) in [6.45, 7) is 6.84. The molecular formula is C22H28N2O6S. The predicted molar refractivity (Wildman–Crippen MR) is 114 cm³/mol. The first-order valence-electron chi connectivity index (χ1n) is 10.2. The molecule has 0 bridgehead atoms. The molecule has 1 amide bonds. The van der Waals surface area contributed by atoms with Gasteiger partial charge in [0, 0.05) is 18.7 Å². The van der Waals surface area contributed by atoms with Gasteiger partial charge in [0.25, 0.3) is 5.91 Å². The van der Waals surface area contributed by atoms with E-state index < -0.39 is 16.0 Å². The number of ether oxygens (including phenoxy) is 1. The number of nitrogens with zero attached hydrogens (tertiary/aromatic N) is 1. The van der Waals surface area contributed by atoms with Gasteiger partial charge < -0.3 is 14.5 Å². The average molecular weight is 449 g/mol. The predicted octanol–water partition coefficient (Wildman–Crippen LogP) is 2.97. The molecule has 1 aromatic heterocycles. The molecule has 2 aromatic rings. The maximum atomic E-state index is 13.0. The Balaban J connectivity index is 1.66. The van der Waals surface area contributed by atoms with Gasteiger partial charge in [-0.3, -0.25) is 4.79 Å². The van der Waals surface area contributed by atoms with Crippen LogP contribution in [0.4, 0.5) is 0 Å². The van der Waals surface area contributed by atoms with Crippen LogP contribution in [0.2, 0.25) is 0 Å². The zero-order valence-electron chi connectivity index (χ0n) is 18.2. The van der Waals surface area contributed by atoms with E-state index in [1.165, 1.54) is 41.7 Å². The Hall–Kier alpha value is -2.65. The molecule has 0 radical (unpaired) electrons. The zero-order chi connectivity index (χ0) is 22.8. The fourth-order valence-corrected chi connectivity index (χ4v) is 5.62. The van der Waals surface area contributed by atoms with Crippen LogP contribution in [0, 0.1) is 18.8 Å². The summed E-state index contributed by atoms with van der Waals surface area (Å²) in [6, 6.07) is 7.43. The highest BCUT2D eigenvalue weighted by atomic mass is 32.2. The summed E-state index contributed by atoms with van der Waals surface area (Å²) in [5, 5.41) is 2.70. The molecule has 2 atom stereocenters. The van der Waals surface area contributed by atoms with Gasteiger partial charge in [0.2, 0.25) is 10.0 Å². The normalized spacial score (nSPS) is 19.7. The number of amides is 1. The van der Waals surface area contributed by atoms with Crippen molar-refractivity contribution in [1.82, 2.24) is 9.62 Å². The maximum absolute atomic E-state index is 13.0. The highest BCUT2D eigenvalue weighted by molar-refractivity contribution is 7.89. The van der Waals surface area contributed by atoms with Gasteiger partial charge in [0.1, 0.15) is 17.1 Å². The Morgan fingerprint density at radius 3 is 2.35 bits per heavy atom. The Labute approximate surface area is 182 Å². The molecule has 9 heteroatoms. The van der Waals surface area contributed by atoms with Crippen LogP contribution >= 0.6 is 0 Å². The number of carbonyl (C=O) groups is 2. The van der Waals surface area contributed by atoms with Crippen LogP contribution in [0.1, 0.15) is 52.5 Å². The standard InChI is InChI=1S/C22H28N2O6S/c1-14-9-15(2)13-24(12-14)31(27,28)19-7-5-17(6-8-19)21(25)23-11-18-10-20(16(3)30-18)22(26)29-4/h5-8,10,14-15H,9,11-13H2,1-4H3,(H,23,25). The molecule has 168 valence electrons. The molecule has 1 fully saturated rings. The minimum atomic E-state index is -3.60. The van der Waals surface area contributed by atoms with E-state index in [0.29, 0.717) is 47.6 Å². The van der Waals surface area contributed by atoms with Gasteiger partial charge in [-0.25, -0.2) is 13.2 Å². The molecular weight excluding hydrogens is 420 g/mol. The van der Waals surface area contributed by atoms with Crippen LogP contribution in [0.5, 0.6) is 0 Å². The molecule has 0 spiro atoms. The van der Waals surface area contributed by atoms with Crippen molar-refractivity contribution in [3.05, 3.63) is 53.0 Å². The smallest absolute Gasteiger partial charge is 0.341 e. The van der Waals surface area contributed by atoms with Crippen molar-refractivity contribution < 1.29 is 27.2 Å².